The molecule has 0 aliphatic carbocycles. The summed E-state index contributed by atoms with van der Waals surface area (Å²) < 4.78 is 1.16. The number of halogens is 1. The lowest BCUT2D eigenvalue weighted by molar-refractivity contribution is 0.749. The fourth-order valence-electron chi connectivity index (χ4n) is 0.934. The number of hydrogen-bond donors (Lipinski definition) is 1. The molecule has 1 rings (SSSR count). The fraction of sp³-hybridized carbons (Fsp3) is 0.333. The van der Waals surface area contributed by atoms with Gasteiger partial charge in [-0.25, -0.2) is 0 Å². The van der Waals surface area contributed by atoms with Gasteiger partial charge in [0.15, 0.2) is 0 Å². The van der Waals surface area contributed by atoms with Crippen LogP contribution in [0.4, 0.5) is 0 Å². The summed E-state index contributed by atoms with van der Waals surface area (Å²) in [6.45, 7) is 2.06. The molecule has 1 aromatic rings. The minimum atomic E-state index is 0.0417. The van der Waals surface area contributed by atoms with Gasteiger partial charge in [-0.1, -0.05) is 5.92 Å². The first-order valence-electron chi connectivity index (χ1n) is 3.58. The van der Waals surface area contributed by atoms with E-state index in [1.807, 2.05) is 7.05 Å². The molecule has 0 radical (unpaired) electrons. The van der Waals surface area contributed by atoms with Crippen LogP contribution in [0.3, 0.4) is 0 Å². The van der Waals surface area contributed by atoms with Crippen LogP contribution in [-0.4, -0.2) is 7.05 Å². The van der Waals surface area contributed by atoms with Crippen molar-refractivity contribution < 1.29 is 0 Å². The van der Waals surface area contributed by atoms with Crippen molar-refractivity contribution in [2.75, 3.05) is 7.05 Å². The first kappa shape index (κ1) is 9.79. The Labute approximate surface area is 85.3 Å². The second-order valence-electron chi connectivity index (χ2n) is 2.49. The Bertz CT molecular complexity index is 291. The van der Waals surface area contributed by atoms with E-state index in [2.05, 4.69) is 40.2 Å². The van der Waals surface area contributed by atoms with Crippen LogP contribution in [0.2, 0.25) is 0 Å². The van der Waals surface area contributed by atoms with Gasteiger partial charge in [-0.15, -0.1) is 17.8 Å². The van der Waals surface area contributed by atoms with E-state index < -0.39 is 0 Å². The van der Waals surface area contributed by atoms with Crippen molar-refractivity contribution in [1.29, 1.82) is 0 Å². The molecule has 1 atom stereocenters. The highest BCUT2D eigenvalue weighted by Gasteiger charge is 2.09. The minimum Gasteiger partial charge on any atom is -0.302 e. The first-order valence-corrected chi connectivity index (χ1v) is 5.19. The van der Waals surface area contributed by atoms with E-state index in [4.69, 9.17) is 6.42 Å². The highest BCUT2D eigenvalue weighted by Crippen LogP contribution is 2.30. The molecule has 0 saturated carbocycles. The van der Waals surface area contributed by atoms with Crippen LogP contribution in [0, 0.1) is 19.3 Å². The van der Waals surface area contributed by atoms with Gasteiger partial charge in [-0.05, 0) is 41.5 Å². The Kier molecular flexibility index (Phi) is 3.33. The zero-order valence-electron chi connectivity index (χ0n) is 7.02. The van der Waals surface area contributed by atoms with Gasteiger partial charge in [0.2, 0.25) is 0 Å². The molecule has 12 heavy (non-hydrogen) atoms. The Hall–Kier alpha value is -0.300. The second-order valence-corrected chi connectivity index (χ2v) is 4.90. The summed E-state index contributed by atoms with van der Waals surface area (Å²) in [5.41, 5.74) is 1.24. The van der Waals surface area contributed by atoms with Crippen molar-refractivity contribution in [2.45, 2.75) is 13.0 Å². The van der Waals surface area contributed by atoms with Crippen LogP contribution in [0.5, 0.6) is 0 Å². The van der Waals surface area contributed by atoms with E-state index >= 15 is 0 Å². The molecule has 64 valence electrons. The van der Waals surface area contributed by atoms with Crippen LogP contribution in [0.1, 0.15) is 16.5 Å². The maximum Gasteiger partial charge on any atom is 0.103 e. The molecule has 1 nitrogen and oxygen atoms in total. The predicted molar refractivity (Wildman–Crippen MR) is 57.4 cm³/mol. The van der Waals surface area contributed by atoms with Crippen molar-refractivity contribution >= 4 is 27.3 Å². The summed E-state index contributed by atoms with van der Waals surface area (Å²) in [5, 5.41) is 3.06. The third kappa shape index (κ3) is 1.89. The quantitative estimate of drug-likeness (QED) is 0.789. The number of hydrogen-bond acceptors (Lipinski definition) is 2. The maximum atomic E-state index is 5.35. The fourth-order valence-corrected chi connectivity index (χ4v) is 2.58. The van der Waals surface area contributed by atoms with Crippen LogP contribution < -0.4 is 5.32 Å². The average Bonchev–Trinajstić information content (AvgIpc) is 2.35. The minimum absolute atomic E-state index is 0.0417. The number of rotatable bonds is 2. The monoisotopic (exact) mass is 243 g/mol. The van der Waals surface area contributed by atoms with Crippen molar-refractivity contribution in [3.05, 3.63) is 20.3 Å². The average molecular weight is 244 g/mol. The highest BCUT2D eigenvalue weighted by molar-refractivity contribution is 9.11. The molecular formula is C9H10BrNS. The van der Waals surface area contributed by atoms with Gasteiger partial charge in [-0.2, -0.15) is 0 Å². The third-order valence-electron chi connectivity index (χ3n) is 1.62. The molecule has 1 unspecified atom stereocenters. The zero-order valence-corrected chi connectivity index (χ0v) is 9.42. The summed E-state index contributed by atoms with van der Waals surface area (Å²) in [6, 6.07) is 2.15. The van der Waals surface area contributed by atoms with E-state index in [-0.39, 0.29) is 6.04 Å². The number of terminal acetylenes is 1. The third-order valence-corrected chi connectivity index (χ3v) is 3.82. The molecule has 0 fully saturated rings. The van der Waals surface area contributed by atoms with Gasteiger partial charge in [0, 0.05) is 4.88 Å². The molecule has 0 bridgehead atoms. The number of aryl methyl sites for hydroxylation is 1. The lowest BCUT2D eigenvalue weighted by Gasteiger charge is -2.04. The lowest BCUT2D eigenvalue weighted by Crippen LogP contribution is -2.12. The van der Waals surface area contributed by atoms with Crippen LogP contribution in [-0.2, 0) is 0 Å². The molecule has 0 aliphatic rings. The van der Waals surface area contributed by atoms with E-state index in [1.54, 1.807) is 11.3 Å². The second kappa shape index (κ2) is 4.08. The molecule has 0 spiro atoms. The molecule has 3 heteroatoms. The van der Waals surface area contributed by atoms with Crippen LogP contribution in [0.15, 0.2) is 9.85 Å². The first-order chi connectivity index (χ1) is 5.69. The Morgan fingerprint density at radius 1 is 1.75 bits per heavy atom. The molecule has 0 saturated heterocycles. The van der Waals surface area contributed by atoms with Crippen molar-refractivity contribution in [3.63, 3.8) is 0 Å². The van der Waals surface area contributed by atoms with E-state index in [0.717, 1.165) is 3.79 Å². The normalized spacial score (nSPS) is 12.5. The van der Waals surface area contributed by atoms with Crippen molar-refractivity contribution in [1.82, 2.24) is 5.32 Å². The molecule has 0 aromatic carbocycles. The van der Waals surface area contributed by atoms with Gasteiger partial charge in [-0.3, -0.25) is 0 Å². The molecule has 0 amide bonds. The maximum absolute atomic E-state index is 5.35. The number of thiophene rings is 1. The Morgan fingerprint density at radius 2 is 2.42 bits per heavy atom. The Balaban J connectivity index is 2.96. The Morgan fingerprint density at radius 3 is 2.75 bits per heavy atom. The van der Waals surface area contributed by atoms with Crippen LogP contribution in [0.25, 0.3) is 0 Å². The molecule has 1 aromatic heterocycles. The van der Waals surface area contributed by atoms with Gasteiger partial charge in [0.25, 0.3) is 0 Å². The van der Waals surface area contributed by atoms with Gasteiger partial charge >= 0.3 is 0 Å². The van der Waals surface area contributed by atoms with Gasteiger partial charge in [0.05, 0.1) is 3.79 Å². The molecular weight excluding hydrogens is 234 g/mol. The largest absolute Gasteiger partial charge is 0.302 e. The lowest BCUT2D eigenvalue weighted by atomic mass is 10.2. The van der Waals surface area contributed by atoms with E-state index in [9.17, 15) is 0 Å². The topological polar surface area (TPSA) is 12.0 Å². The SMILES string of the molecule is C#CC(NC)c1cc(C)c(Br)s1. The number of nitrogens with one attached hydrogen (secondary N) is 1. The summed E-state index contributed by atoms with van der Waals surface area (Å²) in [5.74, 6) is 2.69. The summed E-state index contributed by atoms with van der Waals surface area (Å²) in [7, 11) is 1.87. The summed E-state index contributed by atoms with van der Waals surface area (Å²) in [6.07, 6.45) is 5.35. The highest BCUT2D eigenvalue weighted by atomic mass is 79.9. The molecule has 1 heterocycles. The van der Waals surface area contributed by atoms with E-state index in [0.29, 0.717) is 0 Å². The predicted octanol–water partition coefficient (Wildman–Crippen LogP) is 2.71. The van der Waals surface area contributed by atoms with Crippen LogP contribution >= 0.6 is 27.3 Å². The molecule has 1 N–H and O–H groups in total. The summed E-state index contributed by atoms with van der Waals surface area (Å²) >= 11 is 5.15. The smallest absolute Gasteiger partial charge is 0.103 e. The van der Waals surface area contributed by atoms with Gasteiger partial charge < -0.3 is 5.32 Å². The summed E-state index contributed by atoms with van der Waals surface area (Å²) in [4.78, 5) is 1.18. The zero-order chi connectivity index (χ0) is 9.14. The van der Waals surface area contributed by atoms with E-state index in [1.165, 1.54) is 10.4 Å². The van der Waals surface area contributed by atoms with Crippen molar-refractivity contribution in [3.8, 4) is 12.3 Å². The standard InChI is InChI=1S/C9H10BrNS/c1-4-7(11-3)8-5-6(2)9(10)12-8/h1,5,7,11H,2-3H3. The molecule has 0 aliphatic heterocycles. The van der Waals surface area contributed by atoms with Crippen molar-refractivity contribution in [2.24, 2.45) is 0 Å². The van der Waals surface area contributed by atoms with Gasteiger partial charge in [0.1, 0.15) is 6.04 Å².